The van der Waals surface area contributed by atoms with Crippen molar-refractivity contribution in [3.05, 3.63) is 46.0 Å². The predicted molar refractivity (Wildman–Crippen MR) is 70.5 cm³/mol. The summed E-state index contributed by atoms with van der Waals surface area (Å²) in [4.78, 5) is 21.7. The Hall–Kier alpha value is -1.95. The van der Waals surface area contributed by atoms with Gasteiger partial charge in [0.2, 0.25) is 5.54 Å². The summed E-state index contributed by atoms with van der Waals surface area (Å²) in [6, 6.07) is 7.65. The summed E-state index contributed by atoms with van der Waals surface area (Å²) < 4.78 is 0. The molecule has 0 saturated carbocycles. The van der Waals surface area contributed by atoms with Gasteiger partial charge in [-0.1, -0.05) is 30.3 Å². The van der Waals surface area contributed by atoms with Crippen LogP contribution in [0.1, 0.15) is 32.4 Å². The Kier molecular flexibility index (Phi) is 4.61. The Labute approximate surface area is 111 Å². The molecule has 0 aliphatic carbocycles. The van der Waals surface area contributed by atoms with E-state index in [1.165, 1.54) is 13.8 Å². The molecule has 0 bridgehead atoms. The topological polar surface area (TPSA) is 92.5 Å². The first kappa shape index (κ1) is 15.1. The number of hydrogen-bond donors (Lipinski definition) is 2. The molecule has 0 spiro atoms. The van der Waals surface area contributed by atoms with Gasteiger partial charge >= 0.3 is 5.97 Å². The quantitative estimate of drug-likeness (QED) is 0.605. The van der Waals surface area contributed by atoms with E-state index in [0.29, 0.717) is 0 Å². The van der Waals surface area contributed by atoms with Crippen molar-refractivity contribution in [3.8, 4) is 0 Å². The molecule has 1 aromatic rings. The summed E-state index contributed by atoms with van der Waals surface area (Å²) in [6.07, 6.45) is 0. The second kappa shape index (κ2) is 5.79. The van der Waals surface area contributed by atoms with Gasteiger partial charge < -0.3 is 5.11 Å². The molecule has 0 radical (unpaired) electrons. The van der Waals surface area contributed by atoms with Crippen molar-refractivity contribution >= 4 is 5.97 Å². The fraction of sp³-hybridized carbons (Fsp3) is 0.462. The van der Waals surface area contributed by atoms with Crippen LogP contribution in [0.2, 0.25) is 0 Å². The minimum Gasteiger partial charge on any atom is -0.480 e. The van der Waals surface area contributed by atoms with Gasteiger partial charge in [-0.2, -0.15) is 0 Å². The number of aliphatic carboxylic acids is 1. The van der Waals surface area contributed by atoms with Crippen LogP contribution in [0.4, 0.5) is 0 Å². The monoisotopic (exact) mass is 266 g/mol. The maximum atomic E-state index is 11.3. The van der Waals surface area contributed by atoms with Crippen LogP contribution >= 0.6 is 0 Å². The van der Waals surface area contributed by atoms with Gasteiger partial charge in [-0.15, -0.1) is 0 Å². The van der Waals surface area contributed by atoms with Crippen LogP contribution in [-0.2, 0) is 4.79 Å². The summed E-state index contributed by atoms with van der Waals surface area (Å²) >= 11 is 0. The molecule has 0 heterocycles. The van der Waals surface area contributed by atoms with Crippen LogP contribution in [-0.4, -0.2) is 27.6 Å². The second-order valence-electron chi connectivity index (χ2n) is 4.98. The lowest BCUT2D eigenvalue weighted by atomic mass is 9.94. The van der Waals surface area contributed by atoms with Crippen molar-refractivity contribution in [2.24, 2.45) is 0 Å². The first-order valence-corrected chi connectivity index (χ1v) is 5.95. The number of hydrogen-bond acceptors (Lipinski definition) is 4. The normalized spacial score (nSPS) is 14.7. The molecule has 0 amide bonds. The number of benzene rings is 1. The lowest BCUT2D eigenvalue weighted by Crippen LogP contribution is -2.56. The van der Waals surface area contributed by atoms with Gasteiger partial charge in [-0.05, 0) is 12.5 Å². The van der Waals surface area contributed by atoms with Gasteiger partial charge in [-0.3, -0.25) is 20.2 Å². The van der Waals surface area contributed by atoms with Gasteiger partial charge in [0.25, 0.3) is 0 Å². The molecule has 2 N–H and O–H groups in total. The molecule has 1 rings (SSSR count). The molecular weight excluding hydrogens is 248 g/mol. The summed E-state index contributed by atoms with van der Waals surface area (Å²) in [5, 5.41) is 23.0. The predicted octanol–water partition coefficient (Wildman–Crippen LogP) is 1.85. The number of nitrogens with one attached hydrogen (secondary N) is 1. The molecular formula is C13H18N2O4. The number of carboxylic acid groups (broad SMARTS) is 1. The van der Waals surface area contributed by atoms with E-state index < -0.39 is 22.5 Å². The minimum absolute atomic E-state index is 0.290. The summed E-state index contributed by atoms with van der Waals surface area (Å²) in [6.45, 7) is 4.38. The molecule has 0 aliphatic rings. The van der Waals surface area contributed by atoms with Crippen LogP contribution in [0.25, 0.3) is 0 Å². The van der Waals surface area contributed by atoms with Gasteiger partial charge in [0.15, 0.2) is 6.04 Å². The third kappa shape index (κ3) is 3.51. The van der Waals surface area contributed by atoms with Crippen LogP contribution in [0.5, 0.6) is 0 Å². The first-order chi connectivity index (χ1) is 8.76. The van der Waals surface area contributed by atoms with Gasteiger partial charge in [0, 0.05) is 24.8 Å². The zero-order valence-corrected chi connectivity index (χ0v) is 11.2. The molecule has 0 unspecified atom stereocenters. The third-order valence-electron chi connectivity index (χ3n) is 3.14. The van der Waals surface area contributed by atoms with Crippen molar-refractivity contribution in [1.29, 1.82) is 0 Å². The highest BCUT2D eigenvalue weighted by molar-refractivity contribution is 5.75. The fourth-order valence-electron chi connectivity index (χ4n) is 1.77. The van der Waals surface area contributed by atoms with Crippen molar-refractivity contribution in [1.82, 2.24) is 5.32 Å². The molecule has 104 valence electrons. The average Bonchev–Trinajstić information content (AvgIpc) is 2.35. The third-order valence-corrected chi connectivity index (χ3v) is 3.14. The standard InChI is InChI=1S/C13H18N2O4/c1-9(10-7-5-4-6-8-10)14-11(12(16)17)13(2,3)15(18)19/h4-9,11,14H,1-3H3,(H,16,17)/t9-,11-/m0/s1. The molecule has 0 saturated heterocycles. The molecule has 0 aromatic heterocycles. The largest absolute Gasteiger partial charge is 0.480 e. The zero-order valence-electron chi connectivity index (χ0n) is 11.2. The molecule has 0 fully saturated rings. The van der Waals surface area contributed by atoms with E-state index in [1.54, 1.807) is 6.92 Å². The van der Waals surface area contributed by atoms with Crippen molar-refractivity contribution < 1.29 is 14.8 Å². The van der Waals surface area contributed by atoms with Gasteiger partial charge in [0.05, 0.1) is 0 Å². The summed E-state index contributed by atoms with van der Waals surface area (Å²) in [7, 11) is 0. The Morgan fingerprint density at radius 2 is 1.89 bits per heavy atom. The van der Waals surface area contributed by atoms with E-state index >= 15 is 0 Å². The van der Waals surface area contributed by atoms with Crippen LogP contribution in [0, 0.1) is 10.1 Å². The smallest absolute Gasteiger partial charge is 0.328 e. The Morgan fingerprint density at radius 1 is 1.37 bits per heavy atom. The van der Waals surface area contributed by atoms with Crippen molar-refractivity contribution in [2.45, 2.75) is 38.4 Å². The molecule has 2 atom stereocenters. The van der Waals surface area contributed by atoms with Crippen LogP contribution < -0.4 is 5.32 Å². The molecule has 1 aromatic carbocycles. The Balaban J connectivity index is 2.92. The van der Waals surface area contributed by atoms with E-state index in [4.69, 9.17) is 0 Å². The minimum atomic E-state index is -1.59. The number of rotatable bonds is 6. The second-order valence-corrected chi connectivity index (χ2v) is 4.98. The van der Waals surface area contributed by atoms with Crippen molar-refractivity contribution in [2.75, 3.05) is 0 Å². The molecule has 6 nitrogen and oxygen atoms in total. The van der Waals surface area contributed by atoms with E-state index in [1.807, 2.05) is 30.3 Å². The Bertz CT molecular complexity index is 459. The molecule has 6 heteroatoms. The Morgan fingerprint density at radius 3 is 2.32 bits per heavy atom. The van der Waals surface area contributed by atoms with Crippen LogP contribution in [0.3, 0.4) is 0 Å². The lowest BCUT2D eigenvalue weighted by molar-refractivity contribution is -0.563. The number of nitrogens with zero attached hydrogens (tertiary/aromatic N) is 1. The summed E-state index contributed by atoms with van der Waals surface area (Å²) in [5.74, 6) is -1.23. The highest BCUT2D eigenvalue weighted by Gasteiger charge is 2.46. The number of nitro groups is 1. The average molecular weight is 266 g/mol. The van der Waals surface area contributed by atoms with E-state index in [-0.39, 0.29) is 6.04 Å². The van der Waals surface area contributed by atoms with Gasteiger partial charge in [0.1, 0.15) is 0 Å². The van der Waals surface area contributed by atoms with E-state index in [2.05, 4.69) is 5.32 Å². The van der Waals surface area contributed by atoms with E-state index in [0.717, 1.165) is 5.56 Å². The SMILES string of the molecule is C[C@H](N[C@@H](C(=O)O)C(C)(C)[N+](=O)[O-])c1ccccc1. The summed E-state index contributed by atoms with van der Waals surface area (Å²) in [5.41, 5.74) is -0.706. The number of carboxylic acids is 1. The lowest BCUT2D eigenvalue weighted by Gasteiger charge is -2.27. The highest BCUT2D eigenvalue weighted by atomic mass is 16.6. The van der Waals surface area contributed by atoms with E-state index in [9.17, 15) is 20.0 Å². The zero-order chi connectivity index (χ0) is 14.6. The maximum Gasteiger partial charge on any atom is 0.328 e. The number of carbonyl (C=O) groups is 1. The highest BCUT2D eigenvalue weighted by Crippen LogP contribution is 2.19. The fourth-order valence-corrected chi connectivity index (χ4v) is 1.77. The molecule has 19 heavy (non-hydrogen) atoms. The maximum absolute atomic E-state index is 11.3. The van der Waals surface area contributed by atoms with Gasteiger partial charge in [-0.25, -0.2) is 0 Å². The molecule has 0 aliphatic heterocycles. The van der Waals surface area contributed by atoms with Crippen molar-refractivity contribution in [3.63, 3.8) is 0 Å². The first-order valence-electron chi connectivity index (χ1n) is 5.95. The van der Waals surface area contributed by atoms with Crippen LogP contribution in [0.15, 0.2) is 30.3 Å².